The molecule has 3 aromatic rings. The molecule has 0 spiro atoms. The Bertz CT molecular complexity index is 921. The quantitative estimate of drug-likeness (QED) is 0.599. The number of benzene rings is 2. The van der Waals surface area contributed by atoms with Crippen LogP contribution in [-0.2, 0) is 6.54 Å². The molecule has 1 aromatic heterocycles. The van der Waals surface area contributed by atoms with Gasteiger partial charge in [-0.15, -0.1) is 11.3 Å². The Labute approximate surface area is 168 Å². The third-order valence-corrected chi connectivity index (χ3v) is 5.43. The van der Waals surface area contributed by atoms with Gasteiger partial charge in [-0.25, -0.2) is 4.98 Å². The number of rotatable bonds is 6. The number of hydrogen-bond donors (Lipinski definition) is 3. The summed E-state index contributed by atoms with van der Waals surface area (Å²) in [5, 5.41) is 12.2. The molecule has 3 N–H and O–H groups in total. The summed E-state index contributed by atoms with van der Waals surface area (Å²) in [6.45, 7) is 4.44. The van der Waals surface area contributed by atoms with Crippen molar-refractivity contribution in [3.05, 3.63) is 71.2 Å². The van der Waals surface area contributed by atoms with E-state index < -0.39 is 0 Å². The van der Waals surface area contributed by atoms with Crippen molar-refractivity contribution in [2.75, 3.05) is 41.7 Å². The zero-order chi connectivity index (χ0) is 19.2. The highest BCUT2D eigenvalue weighted by molar-refractivity contribution is 7.13. The molecule has 28 heavy (non-hydrogen) atoms. The molecule has 0 bridgehead atoms. The van der Waals surface area contributed by atoms with Crippen LogP contribution in [0.3, 0.4) is 0 Å². The molecule has 2 aromatic carbocycles. The molecular weight excluding hydrogens is 370 g/mol. The van der Waals surface area contributed by atoms with Gasteiger partial charge in [-0.1, -0.05) is 42.5 Å². The van der Waals surface area contributed by atoms with Gasteiger partial charge >= 0.3 is 0 Å². The number of carbonyl (C=O) groups excluding carboxylic acids is 1. The van der Waals surface area contributed by atoms with Crippen molar-refractivity contribution >= 4 is 33.8 Å². The average Bonchev–Trinajstić information content (AvgIpc) is 3.23. The van der Waals surface area contributed by atoms with E-state index in [4.69, 9.17) is 0 Å². The molecule has 6 nitrogen and oxygen atoms in total. The van der Waals surface area contributed by atoms with Crippen molar-refractivity contribution in [2.45, 2.75) is 6.54 Å². The third-order valence-electron chi connectivity index (χ3n) is 4.63. The molecule has 0 saturated carbocycles. The number of para-hydroxylation sites is 2. The molecule has 1 saturated heterocycles. The smallest absolute Gasteiger partial charge is 0.275 e. The van der Waals surface area contributed by atoms with Crippen LogP contribution in [0.2, 0.25) is 0 Å². The van der Waals surface area contributed by atoms with E-state index in [-0.39, 0.29) is 5.91 Å². The Balaban J connectivity index is 1.41. The van der Waals surface area contributed by atoms with Crippen LogP contribution in [-0.4, -0.2) is 37.1 Å². The maximum Gasteiger partial charge on any atom is 0.275 e. The molecule has 2 heterocycles. The number of carbonyl (C=O) groups is 1. The summed E-state index contributed by atoms with van der Waals surface area (Å²) in [6.07, 6.45) is 0. The standard InChI is InChI=1S/C21H23N5OS/c27-20(18-15-28-21(25-18)23-14-16-6-2-1-3-7-16)24-17-8-4-5-9-19(17)26-12-10-22-11-13-26/h1-9,15,22H,10-14H2,(H,23,25)(H,24,27). The minimum atomic E-state index is -0.188. The molecular formula is C21H23N5OS. The molecule has 1 fully saturated rings. The van der Waals surface area contributed by atoms with Gasteiger partial charge in [0.1, 0.15) is 5.69 Å². The number of nitrogens with one attached hydrogen (secondary N) is 3. The van der Waals surface area contributed by atoms with Crippen molar-refractivity contribution < 1.29 is 4.79 Å². The van der Waals surface area contributed by atoms with E-state index in [0.717, 1.165) is 42.7 Å². The first-order valence-electron chi connectivity index (χ1n) is 9.39. The molecule has 1 aliphatic rings. The molecule has 1 aliphatic heterocycles. The predicted octanol–water partition coefficient (Wildman–Crippen LogP) is 3.42. The Morgan fingerprint density at radius 3 is 2.64 bits per heavy atom. The molecule has 4 rings (SSSR count). The predicted molar refractivity (Wildman–Crippen MR) is 115 cm³/mol. The summed E-state index contributed by atoms with van der Waals surface area (Å²) in [5.74, 6) is -0.188. The summed E-state index contributed by atoms with van der Waals surface area (Å²) >= 11 is 1.44. The number of piperazine rings is 1. The van der Waals surface area contributed by atoms with Gasteiger partial charge in [-0.05, 0) is 17.7 Å². The van der Waals surface area contributed by atoms with E-state index in [1.165, 1.54) is 16.9 Å². The van der Waals surface area contributed by atoms with E-state index >= 15 is 0 Å². The molecule has 0 radical (unpaired) electrons. The summed E-state index contributed by atoms with van der Waals surface area (Å²) in [7, 11) is 0. The van der Waals surface area contributed by atoms with Gasteiger partial charge in [0.05, 0.1) is 11.4 Å². The normalized spacial score (nSPS) is 13.9. The van der Waals surface area contributed by atoms with Crippen molar-refractivity contribution in [3.63, 3.8) is 0 Å². The maximum atomic E-state index is 12.7. The molecule has 0 atom stereocenters. The minimum absolute atomic E-state index is 0.188. The number of nitrogens with zero attached hydrogens (tertiary/aromatic N) is 2. The van der Waals surface area contributed by atoms with Crippen LogP contribution in [0, 0.1) is 0 Å². The first kappa shape index (κ1) is 18.5. The van der Waals surface area contributed by atoms with Crippen LogP contribution >= 0.6 is 11.3 Å². The van der Waals surface area contributed by atoms with Crippen molar-refractivity contribution in [1.82, 2.24) is 10.3 Å². The highest BCUT2D eigenvalue weighted by atomic mass is 32.1. The summed E-state index contributed by atoms with van der Waals surface area (Å²) in [6, 6.07) is 18.1. The van der Waals surface area contributed by atoms with Gasteiger partial charge in [0.2, 0.25) is 0 Å². The van der Waals surface area contributed by atoms with Gasteiger partial charge in [0, 0.05) is 38.1 Å². The summed E-state index contributed by atoms with van der Waals surface area (Å²) in [5.41, 5.74) is 3.47. The van der Waals surface area contributed by atoms with Crippen LogP contribution in [0.15, 0.2) is 60.0 Å². The lowest BCUT2D eigenvalue weighted by atomic mass is 10.2. The fraction of sp³-hybridized carbons (Fsp3) is 0.238. The van der Waals surface area contributed by atoms with Crippen molar-refractivity contribution in [3.8, 4) is 0 Å². The highest BCUT2D eigenvalue weighted by Gasteiger charge is 2.17. The zero-order valence-corrected chi connectivity index (χ0v) is 16.3. The summed E-state index contributed by atoms with van der Waals surface area (Å²) < 4.78 is 0. The number of anilines is 3. The van der Waals surface area contributed by atoms with E-state index in [2.05, 4.69) is 44.0 Å². The van der Waals surface area contributed by atoms with E-state index in [1.54, 1.807) is 5.38 Å². The Kier molecular flexibility index (Phi) is 5.84. The molecule has 1 amide bonds. The van der Waals surface area contributed by atoms with Gasteiger partial charge in [0.25, 0.3) is 5.91 Å². The minimum Gasteiger partial charge on any atom is -0.367 e. The first-order valence-corrected chi connectivity index (χ1v) is 10.3. The van der Waals surface area contributed by atoms with Gasteiger partial charge < -0.3 is 20.9 Å². The van der Waals surface area contributed by atoms with Crippen LogP contribution < -0.4 is 20.9 Å². The van der Waals surface area contributed by atoms with E-state index in [9.17, 15) is 4.79 Å². The second-order valence-electron chi connectivity index (χ2n) is 6.59. The Hall–Kier alpha value is -2.90. The lowest BCUT2D eigenvalue weighted by Gasteiger charge is -2.31. The Morgan fingerprint density at radius 2 is 1.82 bits per heavy atom. The SMILES string of the molecule is O=C(Nc1ccccc1N1CCNCC1)c1csc(NCc2ccccc2)n1. The topological polar surface area (TPSA) is 69.3 Å². The maximum absolute atomic E-state index is 12.7. The van der Waals surface area contributed by atoms with Crippen LogP contribution in [0.5, 0.6) is 0 Å². The van der Waals surface area contributed by atoms with Crippen LogP contribution in [0.1, 0.15) is 16.1 Å². The number of hydrogen-bond acceptors (Lipinski definition) is 6. The Morgan fingerprint density at radius 1 is 1.07 bits per heavy atom. The van der Waals surface area contributed by atoms with Gasteiger partial charge in [-0.2, -0.15) is 0 Å². The van der Waals surface area contributed by atoms with E-state index in [1.807, 2.05) is 36.4 Å². The molecule has 144 valence electrons. The first-order chi connectivity index (χ1) is 13.8. The van der Waals surface area contributed by atoms with Crippen molar-refractivity contribution in [2.24, 2.45) is 0 Å². The van der Waals surface area contributed by atoms with Crippen LogP contribution in [0.4, 0.5) is 16.5 Å². The number of aromatic nitrogens is 1. The lowest BCUT2D eigenvalue weighted by molar-refractivity contribution is 0.102. The molecule has 0 unspecified atom stereocenters. The highest BCUT2D eigenvalue weighted by Crippen LogP contribution is 2.27. The second kappa shape index (κ2) is 8.86. The van der Waals surface area contributed by atoms with Gasteiger partial charge in [0.15, 0.2) is 5.13 Å². The second-order valence-corrected chi connectivity index (χ2v) is 7.44. The monoisotopic (exact) mass is 393 g/mol. The number of thiazole rings is 1. The largest absolute Gasteiger partial charge is 0.367 e. The van der Waals surface area contributed by atoms with Gasteiger partial charge in [-0.3, -0.25) is 4.79 Å². The molecule has 0 aliphatic carbocycles. The molecule has 7 heteroatoms. The number of amides is 1. The fourth-order valence-corrected chi connectivity index (χ4v) is 3.87. The van der Waals surface area contributed by atoms with E-state index in [0.29, 0.717) is 12.2 Å². The van der Waals surface area contributed by atoms with Crippen LogP contribution in [0.25, 0.3) is 0 Å². The average molecular weight is 394 g/mol. The lowest BCUT2D eigenvalue weighted by Crippen LogP contribution is -2.43. The zero-order valence-electron chi connectivity index (χ0n) is 15.5. The van der Waals surface area contributed by atoms with Crippen molar-refractivity contribution in [1.29, 1.82) is 0 Å². The fourth-order valence-electron chi connectivity index (χ4n) is 3.18. The summed E-state index contributed by atoms with van der Waals surface area (Å²) in [4.78, 5) is 19.4. The third kappa shape index (κ3) is 4.49.